The number of amides is 1. The highest BCUT2D eigenvalue weighted by Gasteiger charge is 2.20. The first-order valence-corrected chi connectivity index (χ1v) is 8.16. The number of hydrogen-bond acceptors (Lipinski definition) is 3. The molecule has 0 saturated carbocycles. The van der Waals surface area contributed by atoms with Crippen LogP contribution >= 0.6 is 11.6 Å². The minimum Gasteiger partial charge on any atom is -0.378 e. The predicted molar refractivity (Wildman–Crippen MR) is 93.9 cm³/mol. The molecule has 2 aromatic rings. The van der Waals surface area contributed by atoms with Crippen LogP contribution in [0.3, 0.4) is 0 Å². The second-order valence-electron chi connectivity index (χ2n) is 5.68. The van der Waals surface area contributed by atoms with Crippen molar-refractivity contribution < 1.29 is 4.79 Å². The van der Waals surface area contributed by atoms with Gasteiger partial charge < -0.3 is 14.8 Å². The van der Waals surface area contributed by atoms with E-state index in [1.54, 1.807) is 6.20 Å². The number of halogens is 1. The molecule has 6 heteroatoms. The number of benzene rings is 1. The van der Waals surface area contributed by atoms with E-state index in [-0.39, 0.29) is 11.9 Å². The van der Waals surface area contributed by atoms with E-state index >= 15 is 0 Å². The van der Waals surface area contributed by atoms with Gasteiger partial charge in [-0.15, -0.1) is 11.6 Å². The molecular weight excluding hydrogens is 312 g/mol. The fraction of sp³-hybridized carbons (Fsp3) is 0.412. The van der Waals surface area contributed by atoms with Gasteiger partial charge in [-0.1, -0.05) is 12.1 Å². The zero-order valence-corrected chi connectivity index (χ0v) is 14.5. The monoisotopic (exact) mass is 334 g/mol. The molecule has 1 aromatic heterocycles. The lowest BCUT2D eigenvalue weighted by atomic mass is 10.0. The predicted octanol–water partition coefficient (Wildman–Crippen LogP) is 2.71. The first-order chi connectivity index (χ1) is 11.0. The molecule has 0 aliphatic heterocycles. The van der Waals surface area contributed by atoms with Crippen LogP contribution in [0, 0.1) is 0 Å². The fourth-order valence-electron chi connectivity index (χ4n) is 2.38. The quantitative estimate of drug-likeness (QED) is 0.792. The topological polar surface area (TPSA) is 50.2 Å². The number of carbonyl (C=O) groups excluding carboxylic acids is 1. The first kappa shape index (κ1) is 17.3. The first-order valence-electron chi connectivity index (χ1n) is 7.62. The standard InChI is InChI=1S/C17H23ClN4O/c1-21(2)14-8-6-13(7-9-14)16(17-19-11-12-22(17)3)20-15(23)5-4-10-18/h6-9,11-12,16H,4-5,10H2,1-3H3,(H,20,23). The third-order valence-electron chi connectivity index (χ3n) is 3.70. The van der Waals surface area contributed by atoms with Gasteiger partial charge in [0, 0.05) is 51.5 Å². The largest absolute Gasteiger partial charge is 0.378 e. The van der Waals surface area contributed by atoms with Gasteiger partial charge in [-0.2, -0.15) is 0 Å². The van der Waals surface area contributed by atoms with E-state index in [1.165, 1.54) is 0 Å². The summed E-state index contributed by atoms with van der Waals surface area (Å²) in [7, 11) is 5.92. The van der Waals surface area contributed by atoms with E-state index in [2.05, 4.69) is 10.3 Å². The third kappa shape index (κ3) is 4.48. The van der Waals surface area contributed by atoms with Gasteiger partial charge in [-0.25, -0.2) is 4.98 Å². The average Bonchev–Trinajstić information content (AvgIpc) is 2.96. The molecule has 1 atom stereocenters. The molecule has 2 rings (SSSR count). The molecule has 1 N–H and O–H groups in total. The number of aryl methyl sites for hydroxylation is 1. The molecular formula is C17H23ClN4O. The molecule has 1 amide bonds. The number of hydrogen-bond donors (Lipinski definition) is 1. The lowest BCUT2D eigenvalue weighted by Gasteiger charge is -2.20. The highest BCUT2D eigenvalue weighted by Crippen LogP contribution is 2.23. The van der Waals surface area contributed by atoms with E-state index in [4.69, 9.17) is 11.6 Å². The van der Waals surface area contributed by atoms with Crippen molar-refractivity contribution in [2.75, 3.05) is 24.9 Å². The SMILES string of the molecule is CN(C)c1ccc(C(NC(=O)CCCCl)c2nccn2C)cc1. The minimum absolute atomic E-state index is 0.0182. The van der Waals surface area contributed by atoms with Crippen LogP contribution < -0.4 is 10.2 Å². The van der Waals surface area contributed by atoms with Gasteiger partial charge in [0.1, 0.15) is 11.9 Å². The lowest BCUT2D eigenvalue weighted by Crippen LogP contribution is -2.31. The van der Waals surface area contributed by atoms with Crippen molar-refractivity contribution in [3.63, 3.8) is 0 Å². The van der Waals surface area contributed by atoms with Crippen LogP contribution in [-0.2, 0) is 11.8 Å². The summed E-state index contributed by atoms with van der Waals surface area (Å²) in [5.74, 6) is 1.27. The number of carbonyl (C=O) groups is 1. The van der Waals surface area contributed by atoms with Crippen LogP contribution in [0.25, 0.3) is 0 Å². The van der Waals surface area contributed by atoms with Gasteiger partial charge in [0.15, 0.2) is 0 Å². The van der Waals surface area contributed by atoms with Crippen molar-refractivity contribution in [3.8, 4) is 0 Å². The van der Waals surface area contributed by atoms with E-state index in [0.717, 1.165) is 17.1 Å². The summed E-state index contributed by atoms with van der Waals surface area (Å²) in [5, 5.41) is 3.07. The van der Waals surface area contributed by atoms with E-state index in [1.807, 2.05) is 61.1 Å². The summed E-state index contributed by atoms with van der Waals surface area (Å²) < 4.78 is 1.92. The molecule has 1 unspecified atom stereocenters. The Kier molecular flexibility index (Phi) is 6.04. The zero-order chi connectivity index (χ0) is 16.8. The summed E-state index contributed by atoms with van der Waals surface area (Å²) in [4.78, 5) is 18.6. The highest BCUT2D eigenvalue weighted by molar-refractivity contribution is 6.17. The molecule has 0 aliphatic rings. The summed E-state index contributed by atoms with van der Waals surface area (Å²) in [6.45, 7) is 0. The molecule has 5 nitrogen and oxygen atoms in total. The number of imidazole rings is 1. The molecule has 1 aromatic carbocycles. The van der Waals surface area contributed by atoms with Crippen molar-refractivity contribution in [2.45, 2.75) is 18.9 Å². The molecule has 124 valence electrons. The van der Waals surface area contributed by atoms with Crippen LogP contribution in [-0.4, -0.2) is 35.4 Å². The number of nitrogens with zero attached hydrogens (tertiary/aromatic N) is 3. The molecule has 0 bridgehead atoms. The van der Waals surface area contributed by atoms with Gasteiger partial charge >= 0.3 is 0 Å². The Labute approximate surface area is 142 Å². The smallest absolute Gasteiger partial charge is 0.220 e. The Balaban J connectivity index is 2.26. The van der Waals surface area contributed by atoms with Gasteiger partial charge in [0.2, 0.25) is 5.91 Å². The molecule has 1 heterocycles. The van der Waals surface area contributed by atoms with Gasteiger partial charge in [0.05, 0.1) is 0 Å². The second-order valence-corrected chi connectivity index (χ2v) is 6.05. The van der Waals surface area contributed by atoms with Crippen molar-refractivity contribution in [3.05, 3.63) is 48.0 Å². The Morgan fingerprint density at radius 3 is 2.57 bits per heavy atom. The fourth-order valence-corrected chi connectivity index (χ4v) is 2.51. The molecule has 0 radical (unpaired) electrons. The number of anilines is 1. The number of alkyl halides is 1. The second kappa shape index (κ2) is 8.02. The minimum atomic E-state index is -0.269. The van der Waals surface area contributed by atoms with Crippen molar-refractivity contribution in [1.29, 1.82) is 0 Å². The Morgan fingerprint density at radius 1 is 1.35 bits per heavy atom. The molecule has 0 saturated heterocycles. The number of aromatic nitrogens is 2. The maximum atomic E-state index is 12.2. The van der Waals surface area contributed by atoms with Gasteiger partial charge in [-0.05, 0) is 24.1 Å². The molecule has 0 fully saturated rings. The summed E-state index contributed by atoms with van der Waals surface area (Å²) >= 11 is 5.67. The van der Waals surface area contributed by atoms with E-state index < -0.39 is 0 Å². The van der Waals surface area contributed by atoms with Crippen LogP contribution in [0.2, 0.25) is 0 Å². The van der Waals surface area contributed by atoms with E-state index in [0.29, 0.717) is 18.7 Å². The van der Waals surface area contributed by atoms with Crippen molar-refractivity contribution in [2.24, 2.45) is 7.05 Å². The van der Waals surface area contributed by atoms with Crippen LogP contribution in [0.4, 0.5) is 5.69 Å². The molecule has 23 heavy (non-hydrogen) atoms. The van der Waals surface area contributed by atoms with Gasteiger partial charge in [-0.3, -0.25) is 4.79 Å². The summed E-state index contributed by atoms with van der Waals surface area (Å²) in [6, 6.07) is 7.85. The van der Waals surface area contributed by atoms with E-state index in [9.17, 15) is 4.79 Å². The Morgan fingerprint density at radius 2 is 2.04 bits per heavy atom. The van der Waals surface area contributed by atoms with Crippen LogP contribution in [0.15, 0.2) is 36.7 Å². The third-order valence-corrected chi connectivity index (χ3v) is 3.97. The van der Waals surface area contributed by atoms with Crippen LogP contribution in [0.5, 0.6) is 0 Å². The Bertz CT molecular complexity index is 636. The van der Waals surface area contributed by atoms with Crippen LogP contribution in [0.1, 0.15) is 30.3 Å². The molecule has 0 spiro atoms. The summed E-state index contributed by atoms with van der Waals surface area (Å²) in [6.07, 6.45) is 4.70. The Hall–Kier alpha value is -2.01. The highest BCUT2D eigenvalue weighted by atomic mass is 35.5. The number of rotatable bonds is 7. The summed E-state index contributed by atoms with van der Waals surface area (Å²) in [5.41, 5.74) is 2.12. The van der Waals surface area contributed by atoms with Crippen molar-refractivity contribution >= 4 is 23.2 Å². The normalized spacial score (nSPS) is 12.0. The van der Waals surface area contributed by atoms with Crippen molar-refractivity contribution in [1.82, 2.24) is 14.9 Å². The van der Waals surface area contributed by atoms with Gasteiger partial charge in [0.25, 0.3) is 0 Å². The average molecular weight is 335 g/mol. The maximum absolute atomic E-state index is 12.2. The molecule has 0 aliphatic carbocycles. The maximum Gasteiger partial charge on any atom is 0.220 e. The lowest BCUT2D eigenvalue weighted by molar-refractivity contribution is -0.121. The number of nitrogens with one attached hydrogen (secondary N) is 1. The zero-order valence-electron chi connectivity index (χ0n) is 13.8.